The summed E-state index contributed by atoms with van der Waals surface area (Å²) >= 11 is 0. The van der Waals surface area contributed by atoms with Crippen molar-refractivity contribution in [2.45, 2.75) is 9.79 Å². The summed E-state index contributed by atoms with van der Waals surface area (Å²) in [4.78, 5) is 10.3. The fraction of sp³-hybridized carbons (Fsp3) is 0. The van der Waals surface area contributed by atoms with Gasteiger partial charge in [-0.1, -0.05) is 36.4 Å². The lowest BCUT2D eigenvalue weighted by Crippen LogP contribution is -2.14. The third kappa shape index (κ3) is 4.70. The maximum absolute atomic E-state index is 12.4. The molecular weight excluding hydrogens is 420 g/mol. The van der Waals surface area contributed by atoms with Crippen LogP contribution in [0.3, 0.4) is 0 Å². The molecule has 0 aliphatic heterocycles. The van der Waals surface area contributed by atoms with Crippen LogP contribution in [0.25, 0.3) is 0 Å². The van der Waals surface area contributed by atoms with Gasteiger partial charge in [-0.2, -0.15) is 8.42 Å². The Morgan fingerprint density at radius 1 is 0.793 bits per heavy atom. The minimum absolute atomic E-state index is 0.0821. The molecule has 0 saturated heterocycles. The van der Waals surface area contributed by atoms with Crippen molar-refractivity contribution in [3.8, 4) is 5.75 Å². The van der Waals surface area contributed by atoms with Crippen molar-refractivity contribution in [1.29, 1.82) is 0 Å². The van der Waals surface area contributed by atoms with Crippen LogP contribution in [0.15, 0.2) is 88.7 Å². The number of nitrogens with one attached hydrogen (secondary N) is 1. The molecule has 0 unspecified atom stereocenters. The van der Waals surface area contributed by atoms with E-state index in [0.29, 0.717) is 0 Å². The lowest BCUT2D eigenvalue weighted by atomic mass is 10.2. The molecule has 0 aromatic heterocycles. The summed E-state index contributed by atoms with van der Waals surface area (Å²) in [6.07, 6.45) is 0. The van der Waals surface area contributed by atoms with Gasteiger partial charge < -0.3 is 4.18 Å². The van der Waals surface area contributed by atoms with E-state index in [1.54, 1.807) is 12.1 Å². The number of benzene rings is 3. The van der Waals surface area contributed by atoms with Crippen molar-refractivity contribution in [3.63, 3.8) is 0 Å². The van der Waals surface area contributed by atoms with Crippen LogP contribution in [0, 0.1) is 10.1 Å². The molecule has 3 rings (SSSR count). The normalized spacial score (nSPS) is 11.6. The van der Waals surface area contributed by atoms with Crippen LogP contribution in [0.5, 0.6) is 5.75 Å². The molecule has 0 amide bonds. The number of nitro benzene ring substituents is 1. The number of rotatable bonds is 7. The molecule has 0 spiro atoms. The van der Waals surface area contributed by atoms with Gasteiger partial charge in [-0.3, -0.25) is 14.8 Å². The molecule has 150 valence electrons. The summed E-state index contributed by atoms with van der Waals surface area (Å²) in [7, 11) is -8.28. The smallest absolute Gasteiger partial charge is 0.339 e. The van der Waals surface area contributed by atoms with Gasteiger partial charge in [0.2, 0.25) is 0 Å². The Kier molecular flexibility index (Phi) is 5.52. The first-order valence-electron chi connectivity index (χ1n) is 8.05. The highest BCUT2D eigenvalue weighted by Gasteiger charge is 2.23. The second-order valence-corrected chi connectivity index (χ2v) is 8.93. The Bertz CT molecular complexity index is 1240. The molecule has 11 heteroatoms. The van der Waals surface area contributed by atoms with Crippen molar-refractivity contribution >= 4 is 31.5 Å². The molecule has 3 aromatic carbocycles. The summed E-state index contributed by atoms with van der Waals surface area (Å²) in [5.41, 5.74) is -0.992. The van der Waals surface area contributed by atoms with Gasteiger partial charge in [-0.15, -0.1) is 0 Å². The van der Waals surface area contributed by atoms with Gasteiger partial charge in [0, 0.05) is 0 Å². The van der Waals surface area contributed by atoms with Gasteiger partial charge in [-0.25, -0.2) is 8.42 Å². The Labute approximate surface area is 166 Å². The van der Waals surface area contributed by atoms with Crippen LogP contribution in [-0.4, -0.2) is 21.8 Å². The number of hydrogen-bond acceptors (Lipinski definition) is 7. The summed E-state index contributed by atoms with van der Waals surface area (Å²) in [5.74, 6) is -0.330. The quantitative estimate of drug-likeness (QED) is 0.343. The van der Waals surface area contributed by atoms with Crippen molar-refractivity contribution < 1.29 is 25.9 Å². The molecule has 9 nitrogen and oxygen atoms in total. The van der Waals surface area contributed by atoms with E-state index in [9.17, 15) is 26.9 Å². The molecule has 0 bridgehead atoms. The molecule has 0 aliphatic rings. The van der Waals surface area contributed by atoms with Gasteiger partial charge in [0.15, 0.2) is 0 Å². The summed E-state index contributed by atoms with van der Waals surface area (Å²) in [6, 6.07) is 17.6. The van der Waals surface area contributed by atoms with Gasteiger partial charge >= 0.3 is 10.1 Å². The summed E-state index contributed by atoms with van der Waals surface area (Å²) in [6.45, 7) is 0. The molecule has 0 heterocycles. The standard InChI is InChI=1S/C18H14N2O7S2/c21-20(22)18-13-14(27-29(25,26)16-9-5-2-6-10-16)11-12-17(18)19-28(23,24)15-7-3-1-4-8-15/h1-13,19H. The molecule has 0 radical (unpaired) electrons. The molecule has 0 fully saturated rings. The largest absolute Gasteiger partial charge is 0.379 e. The van der Waals surface area contributed by atoms with E-state index < -0.39 is 30.8 Å². The minimum atomic E-state index is -4.21. The molecular formula is C18H14N2O7S2. The fourth-order valence-electron chi connectivity index (χ4n) is 2.37. The minimum Gasteiger partial charge on any atom is -0.379 e. The molecule has 29 heavy (non-hydrogen) atoms. The Morgan fingerprint density at radius 2 is 1.34 bits per heavy atom. The first-order valence-corrected chi connectivity index (χ1v) is 10.9. The second kappa shape index (κ2) is 7.89. The number of anilines is 1. The highest BCUT2D eigenvalue weighted by molar-refractivity contribution is 7.92. The molecule has 1 N–H and O–H groups in total. The van der Waals surface area contributed by atoms with Crippen molar-refractivity contribution in [3.05, 3.63) is 89.0 Å². The predicted octanol–water partition coefficient (Wildman–Crippen LogP) is 3.16. The first-order chi connectivity index (χ1) is 13.7. The van der Waals surface area contributed by atoms with E-state index in [1.807, 2.05) is 0 Å². The number of sulfonamides is 1. The molecule has 0 atom stereocenters. The molecule has 3 aromatic rings. The van der Waals surface area contributed by atoms with Gasteiger partial charge in [0.05, 0.1) is 15.9 Å². The maximum Gasteiger partial charge on any atom is 0.339 e. The van der Waals surface area contributed by atoms with Crippen LogP contribution in [-0.2, 0) is 20.1 Å². The Balaban J connectivity index is 1.93. The van der Waals surface area contributed by atoms with E-state index in [-0.39, 0.29) is 21.2 Å². The highest BCUT2D eigenvalue weighted by atomic mass is 32.2. The van der Waals surface area contributed by atoms with Crippen LogP contribution in [0.1, 0.15) is 0 Å². The number of hydrogen-bond donors (Lipinski definition) is 1. The summed E-state index contributed by atoms with van der Waals surface area (Å²) < 4.78 is 56.5. The first kappa shape index (κ1) is 20.3. The highest BCUT2D eigenvalue weighted by Crippen LogP contribution is 2.32. The zero-order valence-corrected chi connectivity index (χ0v) is 16.3. The zero-order chi connectivity index (χ0) is 21.1. The predicted molar refractivity (Wildman–Crippen MR) is 105 cm³/mol. The Hall–Kier alpha value is -3.44. The average Bonchev–Trinajstić information content (AvgIpc) is 2.70. The molecule has 0 saturated carbocycles. The van der Waals surface area contributed by atoms with Crippen LogP contribution in [0.4, 0.5) is 11.4 Å². The van der Waals surface area contributed by atoms with E-state index >= 15 is 0 Å². The average molecular weight is 434 g/mol. The third-order valence-electron chi connectivity index (χ3n) is 3.70. The van der Waals surface area contributed by atoms with E-state index in [4.69, 9.17) is 4.18 Å². The number of nitro groups is 1. The van der Waals surface area contributed by atoms with Crippen molar-refractivity contribution in [2.75, 3.05) is 4.72 Å². The van der Waals surface area contributed by atoms with E-state index in [2.05, 4.69) is 4.72 Å². The number of nitrogens with zero attached hydrogens (tertiary/aromatic N) is 1. The van der Waals surface area contributed by atoms with Gasteiger partial charge in [-0.05, 0) is 36.4 Å². The van der Waals surface area contributed by atoms with E-state index in [1.165, 1.54) is 48.5 Å². The van der Waals surface area contributed by atoms with Crippen LogP contribution in [0.2, 0.25) is 0 Å². The molecule has 0 aliphatic carbocycles. The third-order valence-corrected chi connectivity index (χ3v) is 6.34. The topological polar surface area (TPSA) is 133 Å². The zero-order valence-electron chi connectivity index (χ0n) is 14.6. The van der Waals surface area contributed by atoms with Crippen molar-refractivity contribution in [2.24, 2.45) is 0 Å². The maximum atomic E-state index is 12.4. The van der Waals surface area contributed by atoms with Crippen molar-refractivity contribution in [1.82, 2.24) is 0 Å². The summed E-state index contributed by atoms with van der Waals surface area (Å²) in [5, 5.41) is 11.4. The second-order valence-electron chi connectivity index (χ2n) is 5.71. The fourth-order valence-corrected chi connectivity index (χ4v) is 4.41. The van der Waals surface area contributed by atoms with E-state index in [0.717, 1.165) is 18.2 Å². The lowest BCUT2D eigenvalue weighted by Gasteiger charge is -2.11. The Morgan fingerprint density at radius 3 is 1.90 bits per heavy atom. The SMILES string of the molecule is O=[N+]([O-])c1cc(OS(=O)(=O)c2ccccc2)ccc1NS(=O)(=O)c1ccccc1. The van der Waals surface area contributed by atoms with Crippen LogP contribution >= 0.6 is 0 Å². The van der Waals surface area contributed by atoms with Gasteiger partial charge in [0.25, 0.3) is 15.7 Å². The van der Waals surface area contributed by atoms with Gasteiger partial charge in [0.1, 0.15) is 16.3 Å². The van der Waals surface area contributed by atoms with Crippen LogP contribution < -0.4 is 8.91 Å². The lowest BCUT2D eigenvalue weighted by molar-refractivity contribution is -0.383. The monoisotopic (exact) mass is 434 g/mol.